The molecule has 0 aliphatic heterocycles. The van der Waals surface area contributed by atoms with Crippen molar-refractivity contribution in [1.29, 1.82) is 0 Å². The summed E-state index contributed by atoms with van der Waals surface area (Å²) in [7, 11) is 0. The van der Waals surface area contributed by atoms with Crippen molar-refractivity contribution >= 4 is 23.9 Å². The molecule has 3 N–H and O–H groups in total. The number of alkyl halides is 3. The minimum absolute atomic E-state index is 0. The van der Waals surface area contributed by atoms with Crippen LogP contribution in [0.25, 0.3) is 11.5 Å². The number of hydrogen-bond acceptors (Lipinski definition) is 5. The monoisotopic (exact) mass is 343 g/mol. The summed E-state index contributed by atoms with van der Waals surface area (Å²) in [5, 5.41) is 3.51. The van der Waals surface area contributed by atoms with Gasteiger partial charge in [-0.25, -0.2) is 0 Å². The summed E-state index contributed by atoms with van der Waals surface area (Å²) in [4.78, 5) is 13.0. The third kappa shape index (κ3) is 4.29. The summed E-state index contributed by atoms with van der Waals surface area (Å²) in [6.45, 7) is 3.38. The summed E-state index contributed by atoms with van der Waals surface area (Å²) in [6.07, 6.45) is -4.57. The normalized spacial score (nSPS) is 12.3. The third-order valence-electron chi connectivity index (χ3n) is 2.31. The molecule has 0 spiro atoms. The van der Waals surface area contributed by atoms with E-state index in [0.29, 0.717) is 11.5 Å². The van der Waals surface area contributed by atoms with Crippen molar-refractivity contribution in [3.8, 4) is 11.5 Å². The summed E-state index contributed by atoms with van der Waals surface area (Å²) >= 11 is 0.628. The van der Waals surface area contributed by atoms with E-state index >= 15 is 0 Å². The van der Waals surface area contributed by atoms with E-state index in [-0.39, 0.29) is 30.5 Å². The number of halogens is 4. The third-order valence-corrected chi connectivity index (χ3v) is 2.85. The first kappa shape index (κ1) is 17.7. The summed E-state index contributed by atoms with van der Waals surface area (Å²) in [6, 6.07) is 0.844. The standard InChI is InChI=1S/C10H12F3N5OS.ClH/c1-9(2,14)4-18-5(7-15-8(19)20-17-7)3-6(16-18)10(11,12)13;/h3H,4,14H2,1-2H3,(H,15,17,19);1H. The quantitative estimate of drug-likeness (QED) is 0.890. The molecule has 2 heterocycles. The van der Waals surface area contributed by atoms with Crippen LogP contribution in [0.3, 0.4) is 0 Å². The molecule has 0 unspecified atom stereocenters. The van der Waals surface area contributed by atoms with Gasteiger partial charge in [0.1, 0.15) is 5.69 Å². The Bertz CT molecular complexity index is 669. The minimum atomic E-state index is -4.57. The highest BCUT2D eigenvalue weighted by Gasteiger charge is 2.36. The molecule has 0 aliphatic rings. The Labute approximate surface area is 127 Å². The molecule has 0 saturated heterocycles. The van der Waals surface area contributed by atoms with E-state index in [4.69, 9.17) is 5.73 Å². The SMILES string of the molecule is CC(C)(N)Cn1nc(C(F)(F)F)cc1-c1nsc(=O)[nH]1.Cl. The van der Waals surface area contributed by atoms with Crippen LogP contribution in [-0.2, 0) is 12.7 Å². The van der Waals surface area contributed by atoms with Gasteiger partial charge in [0, 0.05) is 17.1 Å². The van der Waals surface area contributed by atoms with Gasteiger partial charge in [-0.05, 0) is 19.9 Å². The first-order valence-electron chi connectivity index (χ1n) is 5.56. The fraction of sp³-hybridized carbons (Fsp3) is 0.500. The van der Waals surface area contributed by atoms with Gasteiger partial charge in [-0.15, -0.1) is 12.4 Å². The second-order valence-electron chi connectivity index (χ2n) is 5.00. The summed E-state index contributed by atoms with van der Waals surface area (Å²) in [5.41, 5.74) is 4.07. The maximum Gasteiger partial charge on any atom is 0.435 e. The van der Waals surface area contributed by atoms with Gasteiger partial charge >= 0.3 is 11.0 Å². The van der Waals surface area contributed by atoms with Gasteiger partial charge < -0.3 is 5.73 Å². The molecule has 21 heavy (non-hydrogen) atoms. The van der Waals surface area contributed by atoms with E-state index in [0.717, 1.165) is 10.7 Å². The lowest BCUT2D eigenvalue weighted by Gasteiger charge is -2.19. The van der Waals surface area contributed by atoms with E-state index in [9.17, 15) is 18.0 Å². The average molecular weight is 344 g/mol. The van der Waals surface area contributed by atoms with Crippen molar-refractivity contribution in [3.05, 3.63) is 21.4 Å². The van der Waals surface area contributed by atoms with Gasteiger partial charge in [0.2, 0.25) is 0 Å². The van der Waals surface area contributed by atoms with Crippen molar-refractivity contribution in [1.82, 2.24) is 19.1 Å². The van der Waals surface area contributed by atoms with Crippen LogP contribution in [0.4, 0.5) is 13.2 Å². The van der Waals surface area contributed by atoms with Crippen molar-refractivity contribution in [3.63, 3.8) is 0 Å². The Morgan fingerprint density at radius 2 is 2.05 bits per heavy atom. The highest BCUT2D eigenvalue weighted by molar-refractivity contribution is 7.03. The van der Waals surface area contributed by atoms with Crippen LogP contribution >= 0.6 is 23.9 Å². The second kappa shape index (κ2) is 5.78. The Hall–Kier alpha value is -1.39. The van der Waals surface area contributed by atoms with Crippen molar-refractivity contribution in [2.45, 2.75) is 32.1 Å². The van der Waals surface area contributed by atoms with Crippen LogP contribution in [0.5, 0.6) is 0 Å². The van der Waals surface area contributed by atoms with E-state index < -0.39 is 22.3 Å². The van der Waals surface area contributed by atoms with Gasteiger partial charge in [-0.2, -0.15) is 22.6 Å². The molecule has 6 nitrogen and oxygen atoms in total. The number of nitrogens with two attached hydrogens (primary N) is 1. The van der Waals surface area contributed by atoms with Crippen molar-refractivity contribution in [2.75, 3.05) is 0 Å². The Morgan fingerprint density at radius 1 is 1.43 bits per heavy atom. The zero-order chi connectivity index (χ0) is 15.1. The van der Waals surface area contributed by atoms with E-state index in [2.05, 4.69) is 14.5 Å². The minimum Gasteiger partial charge on any atom is -0.324 e. The largest absolute Gasteiger partial charge is 0.435 e. The van der Waals surface area contributed by atoms with Crippen LogP contribution in [-0.4, -0.2) is 24.7 Å². The van der Waals surface area contributed by atoms with Crippen LogP contribution in [0.15, 0.2) is 10.9 Å². The highest BCUT2D eigenvalue weighted by atomic mass is 35.5. The number of H-pyrrole nitrogens is 1. The molecule has 0 atom stereocenters. The molecule has 2 rings (SSSR count). The molecular formula is C10H13ClF3N5OS. The maximum atomic E-state index is 12.7. The predicted molar refractivity (Wildman–Crippen MR) is 74.5 cm³/mol. The fourth-order valence-corrected chi connectivity index (χ4v) is 2.05. The maximum absolute atomic E-state index is 12.7. The molecule has 0 aromatic carbocycles. The van der Waals surface area contributed by atoms with Crippen LogP contribution < -0.4 is 10.6 Å². The van der Waals surface area contributed by atoms with E-state index in [1.54, 1.807) is 13.8 Å². The predicted octanol–water partition coefficient (Wildman–Crippen LogP) is 1.87. The number of hydrogen-bond donors (Lipinski definition) is 2. The number of nitrogens with one attached hydrogen (secondary N) is 1. The molecule has 0 bridgehead atoms. The number of aromatic amines is 1. The molecular weight excluding hydrogens is 331 g/mol. The molecule has 0 fully saturated rings. The molecule has 0 saturated carbocycles. The van der Waals surface area contributed by atoms with Gasteiger partial charge in [0.05, 0.1) is 6.54 Å². The number of rotatable bonds is 3. The molecule has 2 aromatic heterocycles. The molecule has 0 aliphatic carbocycles. The van der Waals surface area contributed by atoms with Gasteiger partial charge in [-0.3, -0.25) is 14.5 Å². The Balaban J connectivity index is 0.00000220. The Kier molecular flexibility index (Phi) is 4.86. The zero-order valence-corrected chi connectivity index (χ0v) is 12.7. The molecule has 0 amide bonds. The first-order chi connectivity index (χ1) is 9.06. The summed E-state index contributed by atoms with van der Waals surface area (Å²) < 4.78 is 43.1. The molecule has 11 heteroatoms. The van der Waals surface area contributed by atoms with Crippen LogP contribution in [0, 0.1) is 0 Å². The lowest BCUT2D eigenvalue weighted by molar-refractivity contribution is -0.141. The van der Waals surface area contributed by atoms with Gasteiger partial charge in [0.25, 0.3) is 0 Å². The van der Waals surface area contributed by atoms with Crippen LogP contribution in [0.2, 0.25) is 0 Å². The lowest BCUT2D eigenvalue weighted by Crippen LogP contribution is -2.37. The van der Waals surface area contributed by atoms with Crippen molar-refractivity contribution in [2.24, 2.45) is 5.73 Å². The highest BCUT2D eigenvalue weighted by Crippen LogP contribution is 2.31. The molecule has 2 aromatic rings. The number of nitrogens with zero attached hydrogens (tertiary/aromatic N) is 3. The topological polar surface area (TPSA) is 89.6 Å². The van der Waals surface area contributed by atoms with Crippen LogP contribution in [0.1, 0.15) is 19.5 Å². The zero-order valence-electron chi connectivity index (χ0n) is 11.1. The number of aromatic nitrogens is 4. The lowest BCUT2D eigenvalue weighted by atomic mass is 10.1. The Morgan fingerprint density at radius 3 is 2.48 bits per heavy atom. The summed E-state index contributed by atoms with van der Waals surface area (Å²) in [5.74, 6) is 0.0484. The molecule has 0 radical (unpaired) electrons. The smallest absolute Gasteiger partial charge is 0.324 e. The molecule has 118 valence electrons. The van der Waals surface area contributed by atoms with E-state index in [1.807, 2.05) is 0 Å². The fourth-order valence-electron chi connectivity index (χ4n) is 1.59. The first-order valence-corrected chi connectivity index (χ1v) is 6.34. The van der Waals surface area contributed by atoms with Gasteiger partial charge in [-0.1, -0.05) is 0 Å². The van der Waals surface area contributed by atoms with Crippen molar-refractivity contribution < 1.29 is 13.2 Å². The van der Waals surface area contributed by atoms with Gasteiger partial charge in [0.15, 0.2) is 11.5 Å². The second-order valence-corrected chi connectivity index (χ2v) is 5.74. The van der Waals surface area contributed by atoms with E-state index in [1.165, 1.54) is 0 Å². The average Bonchev–Trinajstić information content (AvgIpc) is 2.81.